The normalized spacial score (nSPS) is 13.7. The van der Waals surface area contributed by atoms with Crippen LogP contribution in [0.15, 0.2) is 10.9 Å². The highest BCUT2D eigenvalue weighted by molar-refractivity contribution is 7.07. The van der Waals surface area contributed by atoms with Crippen LogP contribution in [-0.2, 0) is 11.3 Å². The number of aliphatic hydroxyl groups is 1. The average molecular weight is 273 g/mol. The lowest BCUT2D eigenvalue weighted by Gasteiger charge is -2.22. The zero-order valence-corrected chi connectivity index (χ0v) is 10.8. The third-order valence-electron chi connectivity index (χ3n) is 2.26. The van der Waals surface area contributed by atoms with Gasteiger partial charge in [0, 0.05) is 12.4 Å². The molecule has 0 aliphatic carbocycles. The number of aliphatic carboxylic acids is 1. The molecular formula is C10H15N3O4S. The van der Waals surface area contributed by atoms with Gasteiger partial charge < -0.3 is 20.4 Å². The minimum absolute atomic E-state index is 0.279. The Kier molecular flexibility index (Phi) is 5.05. The Morgan fingerprint density at radius 1 is 1.61 bits per heavy atom. The Hall–Kier alpha value is -1.67. The molecule has 2 amide bonds. The fourth-order valence-electron chi connectivity index (χ4n) is 1.26. The number of aliphatic hydroxyl groups excluding tert-OH is 1. The van der Waals surface area contributed by atoms with E-state index in [-0.39, 0.29) is 6.54 Å². The Bertz CT molecular complexity index is 407. The number of nitrogens with zero attached hydrogens (tertiary/aromatic N) is 2. The van der Waals surface area contributed by atoms with Crippen molar-refractivity contribution in [1.29, 1.82) is 0 Å². The summed E-state index contributed by atoms with van der Waals surface area (Å²) >= 11 is 1.41. The zero-order valence-electron chi connectivity index (χ0n) is 10.0. The van der Waals surface area contributed by atoms with Crippen LogP contribution in [0.5, 0.6) is 0 Å². The van der Waals surface area contributed by atoms with E-state index in [1.165, 1.54) is 30.2 Å². The fraction of sp³-hybridized carbons (Fsp3) is 0.500. The second-order valence-electron chi connectivity index (χ2n) is 3.84. The highest BCUT2D eigenvalue weighted by atomic mass is 32.1. The lowest BCUT2D eigenvalue weighted by Crippen LogP contribution is -2.51. The van der Waals surface area contributed by atoms with Crippen LogP contribution < -0.4 is 5.32 Å². The third kappa shape index (κ3) is 3.97. The molecule has 0 radical (unpaired) electrons. The maximum atomic E-state index is 11.7. The first-order valence-corrected chi connectivity index (χ1v) is 6.15. The summed E-state index contributed by atoms with van der Waals surface area (Å²) in [4.78, 5) is 27.8. The first-order valence-electron chi connectivity index (χ1n) is 5.21. The fourth-order valence-corrected chi connectivity index (χ4v) is 1.81. The van der Waals surface area contributed by atoms with Crippen LogP contribution >= 0.6 is 11.3 Å². The molecule has 0 spiro atoms. The lowest BCUT2D eigenvalue weighted by atomic mass is 10.2. The van der Waals surface area contributed by atoms with Gasteiger partial charge in [0.15, 0.2) is 6.04 Å². The van der Waals surface area contributed by atoms with Gasteiger partial charge in [0.05, 0.1) is 23.9 Å². The molecule has 0 aliphatic heterocycles. The van der Waals surface area contributed by atoms with Crippen LogP contribution in [0.25, 0.3) is 0 Å². The second-order valence-corrected chi connectivity index (χ2v) is 4.56. The Morgan fingerprint density at radius 2 is 2.28 bits per heavy atom. The van der Waals surface area contributed by atoms with Crippen molar-refractivity contribution in [3.63, 3.8) is 0 Å². The number of carbonyl (C=O) groups is 2. The molecule has 0 aliphatic rings. The summed E-state index contributed by atoms with van der Waals surface area (Å²) < 4.78 is 0. The number of thiazole rings is 1. The number of carboxylic acids is 1. The van der Waals surface area contributed by atoms with Crippen molar-refractivity contribution in [3.8, 4) is 0 Å². The minimum atomic E-state index is -1.32. The van der Waals surface area contributed by atoms with Gasteiger partial charge in [-0.3, -0.25) is 0 Å². The van der Waals surface area contributed by atoms with Crippen molar-refractivity contribution < 1.29 is 19.8 Å². The molecule has 1 heterocycles. The molecule has 2 atom stereocenters. The van der Waals surface area contributed by atoms with E-state index < -0.39 is 24.1 Å². The molecule has 7 nitrogen and oxygen atoms in total. The summed E-state index contributed by atoms with van der Waals surface area (Å²) in [6.45, 7) is 1.58. The van der Waals surface area contributed by atoms with Gasteiger partial charge in [-0.2, -0.15) is 0 Å². The van der Waals surface area contributed by atoms with E-state index in [1.807, 2.05) is 0 Å². The standard InChI is InChI=1S/C10H15N3O4S/c1-6(14)8(9(15)16)12-10(17)13(2)3-7-4-18-5-11-7/h4-6,8,14H,3H2,1-2H3,(H,12,17)(H,15,16). The van der Waals surface area contributed by atoms with Crippen LogP contribution in [0.2, 0.25) is 0 Å². The molecule has 3 N–H and O–H groups in total. The molecule has 8 heteroatoms. The first kappa shape index (κ1) is 14.4. The maximum Gasteiger partial charge on any atom is 0.328 e. The van der Waals surface area contributed by atoms with Gasteiger partial charge in [-0.15, -0.1) is 11.3 Å². The zero-order chi connectivity index (χ0) is 13.7. The topological polar surface area (TPSA) is 103 Å². The molecule has 2 unspecified atom stereocenters. The van der Waals surface area contributed by atoms with Gasteiger partial charge in [-0.25, -0.2) is 14.6 Å². The quantitative estimate of drug-likeness (QED) is 0.707. The van der Waals surface area contributed by atoms with Crippen molar-refractivity contribution in [2.75, 3.05) is 7.05 Å². The van der Waals surface area contributed by atoms with E-state index in [9.17, 15) is 14.7 Å². The number of rotatable bonds is 5. The van der Waals surface area contributed by atoms with Crippen LogP contribution in [0.4, 0.5) is 4.79 Å². The number of amides is 2. The Morgan fingerprint density at radius 3 is 2.72 bits per heavy atom. The van der Waals surface area contributed by atoms with Crippen molar-refractivity contribution in [2.45, 2.75) is 25.6 Å². The number of hydrogen-bond donors (Lipinski definition) is 3. The van der Waals surface area contributed by atoms with Gasteiger partial charge in [0.25, 0.3) is 0 Å². The molecular weight excluding hydrogens is 258 g/mol. The molecule has 1 aromatic rings. The van der Waals surface area contributed by atoms with E-state index in [4.69, 9.17) is 5.11 Å². The van der Waals surface area contributed by atoms with Gasteiger partial charge in [-0.05, 0) is 6.92 Å². The van der Waals surface area contributed by atoms with E-state index in [0.717, 1.165) is 5.69 Å². The molecule has 100 valence electrons. The van der Waals surface area contributed by atoms with Crippen molar-refractivity contribution in [1.82, 2.24) is 15.2 Å². The lowest BCUT2D eigenvalue weighted by molar-refractivity contribution is -0.141. The summed E-state index contributed by atoms with van der Waals surface area (Å²) in [6, 6.07) is -1.90. The van der Waals surface area contributed by atoms with Crippen LogP contribution in [0.1, 0.15) is 12.6 Å². The van der Waals surface area contributed by atoms with Crippen molar-refractivity contribution in [2.24, 2.45) is 0 Å². The summed E-state index contributed by atoms with van der Waals surface area (Å²) in [5, 5.41) is 22.1. The highest BCUT2D eigenvalue weighted by Crippen LogP contribution is 2.04. The van der Waals surface area contributed by atoms with Crippen molar-refractivity contribution in [3.05, 3.63) is 16.6 Å². The molecule has 0 bridgehead atoms. The van der Waals surface area contributed by atoms with Gasteiger partial charge >= 0.3 is 12.0 Å². The third-order valence-corrected chi connectivity index (χ3v) is 2.89. The smallest absolute Gasteiger partial charge is 0.328 e. The van der Waals surface area contributed by atoms with Crippen LogP contribution in [-0.4, -0.2) is 51.3 Å². The number of carboxylic acid groups (broad SMARTS) is 1. The molecule has 0 saturated carbocycles. The monoisotopic (exact) mass is 273 g/mol. The average Bonchev–Trinajstić information content (AvgIpc) is 2.77. The summed E-state index contributed by atoms with van der Waals surface area (Å²) in [6.07, 6.45) is -1.17. The first-order chi connectivity index (χ1) is 8.41. The molecule has 18 heavy (non-hydrogen) atoms. The van der Waals surface area contributed by atoms with Crippen LogP contribution in [0, 0.1) is 0 Å². The minimum Gasteiger partial charge on any atom is -0.480 e. The number of hydrogen-bond acceptors (Lipinski definition) is 5. The molecule has 1 aromatic heterocycles. The predicted molar refractivity (Wildman–Crippen MR) is 65.2 cm³/mol. The van der Waals surface area contributed by atoms with Gasteiger partial charge in [-0.1, -0.05) is 0 Å². The molecule has 0 fully saturated rings. The number of carbonyl (C=O) groups excluding carboxylic acids is 1. The van der Waals surface area contributed by atoms with Crippen LogP contribution in [0.3, 0.4) is 0 Å². The van der Waals surface area contributed by atoms with Gasteiger partial charge in [0.2, 0.25) is 0 Å². The number of aromatic nitrogens is 1. The second kappa shape index (κ2) is 6.31. The van der Waals surface area contributed by atoms with E-state index in [0.29, 0.717) is 0 Å². The number of urea groups is 1. The Balaban J connectivity index is 2.56. The molecule has 0 saturated heterocycles. The maximum absolute atomic E-state index is 11.7. The predicted octanol–water partition coefficient (Wildman–Crippen LogP) is 0.118. The van der Waals surface area contributed by atoms with Gasteiger partial charge in [0.1, 0.15) is 0 Å². The molecule has 1 rings (SSSR count). The van der Waals surface area contributed by atoms with E-state index in [2.05, 4.69) is 10.3 Å². The van der Waals surface area contributed by atoms with E-state index >= 15 is 0 Å². The highest BCUT2D eigenvalue weighted by Gasteiger charge is 2.26. The van der Waals surface area contributed by atoms with E-state index in [1.54, 1.807) is 10.9 Å². The summed E-state index contributed by atoms with van der Waals surface area (Å²) in [7, 11) is 1.52. The van der Waals surface area contributed by atoms with Crippen molar-refractivity contribution >= 4 is 23.3 Å². The number of nitrogens with one attached hydrogen (secondary N) is 1. The Labute approximate surface area is 108 Å². The summed E-state index contributed by atoms with van der Waals surface area (Å²) in [5.41, 5.74) is 2.37. The largest absolute Gasteiger partial charge is 0.480 e. The summed E-state index contributed by atoms with van der Waals surface area (Å²) in [5.74, 6) is -1.28. The SMILES string of the molecule is CC(O)C(NC(=O)N(C)Cc1cscn1)C(=O)O. The molecule has 0 aromatic carbocycles.